The standard InChI is InChI=1S/C28H32Cl2N2O5S/c1-31(38(35,36)15-17-4-6-19(29)20(30)12-17)21-8-9-28(34)23-13-18-5-7-22(33)25-24(18)27(28,26(21)37-25)10-11-32(23)14-16-2-3-16/h4-7,12,16,21,23,26,33-34H,2-3,8-11,13-15H2,1H3/t21?,23-,26?,27+,28-/m1/s1. The van der Waals surface area contributed by atoms with Crippen molar-refractivity contribution in [2.45, 2.75) is 73.5 Å². The van der Waals surface area contributed by atoms with E-state index < -0.39 is 33.2 Å². The molecule has 2 bridgehead atoms. The van der Waals surface area contributed by atoms with Crippen LogP contribution in [-0.4, -0.2) is 71.8 Å². The van der Waals surface area contributed by atoms with Crippen LogP contribution in [0.25, 0.3) is 0 Å². The van der Waals surface area contributed by atoms with Crippen molar-refractivity contribution in [2.75, 3.05) is 20.1 Å². The van der Waals surface area contributed by atoms with Crippen molar-refractivity contribution in [1.82, 2.24) is 9.21 Å². The number of benzene rings is 2. The number of phenolic OH excluding ortho intramolecular Hbond substituents is 1. The second-order valence-electron chi connectivity index (χ2n) is 11.9. The number of phenols is 1. The number of hydrogen-bond acceptors (Lipinski definition) is 6. The summed E-state index contributed by atoms with van der Waals surface area (Å²) >= 11 is 12.2. The van der Waals surface area contributed by atoms with Gasteiger partial charge in [-0.1, -0.05) is 35.3 Å². The Morgan fingerprint density at radius 2 is 1.92 bits per heavy atom. The van der Waals surface area contributed by atoms with Crippen molar-refractivity contribution in [3.05, 3.63) is 57.1 Å². The van der Waals surface area contributed by atoms with Crippen LogP contribution in [0.3, 0.4) is 0 Å². The number of likely N-dealkylation sites (tertiary alicyclic amines) is 1. The average Bonchev–Trinajstić information content (AvgIpc) is 3.61. The van der Waals surface area contributed by atoms with Gasteiger partial charge in [-0.3, -0.25) is 4.90 Å². The maximum Gasteiger partial charge on any atom is 0.218 e. The molecule has 2 unspecified atom stereocenters. The molecule has 5 atom stereocenters. The van der Waals surface area contributed by atoms with E-state index in [-0.39, 0.29) is 17.5 Å². The van der Waals surface area contributed by atoms with E-state index in [4.69, 9.17) is 27.9 Å². The second kappa shape index (κ2) is 8.48. The van der Waals surface area contributed by atoms with Gasteiger partial charge in [0.1, 0.15) is 6.10 Å². The zero-order valence-corrected chi connectivity index (χ0v) is 23.6. The minimum absolute atomic E-state index is 0.0498. The highest BCUT2D eigenvalue weighted by Gasteiger charge is 2.73. The predicted molar refractivity (Wildman–Crippen MR) is 145 cm³/mol. The highest BCUT2D eigenvalue weighted by Crippen LogP contribution is 2.66. The van der Waals surface area contributed by atoms with Gasteiger partial charge in [0, 0.05) is 25.2 Å². The zero-order chi connectivity index (χ0) is 26.6. The fourth-order valence-electron chi connectivity index (χ4n) is 7.98. The summed E-state index contributed by atoms with van der Waals surface area (Å²) in [5, 5.41) is 24.1. The van der Waals surface area contributed by atoms with E-state index in [2.05, 4.69) is 4.90 Å². The normalized spacial score (nSPS) is 33.8. The minimum Gasteiger partial charge on any atom is -0.504 e. The van der Waals surface area contributed by atoms with E-state index in [9.17, 15) is 18.6 Å². The molecule has 2 aromatic rings. The molecule has 0 aromatic heterocycles. The number of nitrogens with zero attached hydrogens (tertiary/aromatic N) is 2. The molecule has 38 heavy (non-hydrogen) atoms. The minimum atomic E-state index is -3.76. The summed E-state index contributed by atoms with van der Waals surface area (Å²) in [6.45, 7) is 1.82. The Hall–Kier alpha value is -1.55. The van der Waals surface area contributed by atoms with Crippen molar-refractivity contribution < 1.29 is 23.4 Å². The number of aromatic hydroxyl groups is 1. The number of sulfonamides is 1. The third-order valence-electron chi connectivity index (χ3n) is 9.97. The van der Waals surface area contributed by atoms with Crippen molar-refractivity contribution in [3.8, 4) is 11.5 Å². The first-order valence-corrected chi connectivity index (χ1v) is 15.8. The number of halogens is 2. The Labute approximate surface area is 233 Å². The van der Waals surface area contributed by atoms with Crippen LogP contribution in [-0.2, 0) is 27.6 Å². The smallest absolute Gasteiger partial charge is 0.218 e. The molecule has 5 aliphatic rings. The molecular weight excluding hydrogens is 547 g/mol. The molecule has 2 heterocycles. The number of likely N-dealkylation sites (N-methyl/N-ethyl adjacent to an activating group) is 1. The second-order valence-corrected chi connectivity index (χ2v) is 14.8. The lowest BCUT2D eigenvalue weighted by Crippen LogP contribution is -2.78. The Balaban J connectivity index is 1.28. The summed E-state index contributed by atoms with van der Waals surface area (Å²) in [5.41, 5.74) is 0.722. The predicted octanol–water partition coefficient (Wildman–Crippen LogP) is 4.09. The van der Waals surface area contributed by atoms with Crippen LogP contribution in [0.2, 0.25) is 10.0 Å². The van der Waals surface area contributed by atoms with E-state index in [1.165, 1.54) is 17.1 Å². The Morgan fingerprint density at radius 3 is 2.66 bits per heavy atom. The topological polar surface area (TPSA) is 90.3 Å². The van der Waals surface area contributed by atoms with Crippen LogP contribution < -0.4 is 4.74 Å². The first-order valence-electron chi connectivity index (χ1n) is 13.4. The lowest BCUT2D eigenvalue weighted by atomic mass is 9.48. The van der Waals surface area contributed by atoms with Crippen LogP contribution in [0.5, 0.6) is 11.5 Å². The highest BCUT2D eigenvalue weighted by atomic mass is 35.5. The molecule has 1 saturated heterocycles. The number of aliphatic hydroxyl groups is 1. The molecule has 204 valence electrons. The fourth-order valence-corrected chi connectivity index (χ4v) is 9.73. The molecule has 7 nitrogen and oxygen atoms in total. The zero-order valence-electron chi connectivity index (χ0n) is 21.2. The fraction of sp³-hybridized carbons (Fsp3) is 0.571. The number of rotatable bonds is 6. The first kappa shape index (κ1) is 25.4. The van der Waals surface area contributed by atoms with Crippen LogP contribution in [0, 0.1) is 5.92 Å². The van der Waals surface area contributed by atoms with Crippen molar-refractivity contribution >= 4 is 33.2 Å². The molecule has 1 spiro atoms. The van der Waals surface area contributed by atoms with E-state index in [1.54, 1.807) is 31.3 Å². The summed E-state index contributed by atoms with van der Waals surface area (Å²) in [5.74, 6) is 0.951. The summed E-state index contributed by atoms with van der Waals surface area (Å²) in [4.78, 5) is 2.47. The van der Waals surface area contributed by atoms with Gasteiger partial charge in [-0.05, 0) is 80.3 Å². The van der Waals surface area contributed by atoms with Gasteiger partial charge >= 0.3 is 0 Å². The number of piperidine rings is 1. The van der Waals surface area contributed by atoms with Gasteiger partial charge in [-0.25, -0.2) is 8.42 Å². The van der Waals surface area contributed by atoms with E-state index in [0.717, 1.165) is 24.2 Å². The molecule has 3 fully saturated rings. The number of ether oxygens (including phenoxy) is 1. The van der Waals surface area contributed by atoms with E-state index in [0.29, 0.717) is 53.0 Å². The number of hydrogen-bond donors (Lipinski definition) is 2. The summed E-state index contributed by atoms with van der Waals surface area (Å²) in [6.07, 6.45) is 4.22. The molecule has 10 heteroatoms. The van der Waals surface area contributed by atoms with Crippen LogP contribution >= 0.6 is 23.2 Å². The van der Waals surface area contributed by atoms with Crippen LogP contribution in [0.15, 0.2) is 30.3 Å². The van der Waals surface area contributed by atoms with E-state index >= 15 is 0 Å². The van der Waals surface area contributed by atoms with Crippen molar-refractivity contribution in [1.29, 1.82) is 0 Å². The maximum atomic E-state index is 13.7. The Morgan fingerprint density at radius 1 is 1.13 bits per heavy atom. The quantitative estimate of drug-likeness (QED) is 0.536. The van der Waals surface area contributed by atoms with Gasteiger partial charge < -0.3 is 14.9 Å². The lowest BCUT2D eigenvalue weighted by Gasteiger charge is -2.64. The molecule has 3 aliphatic carbocycles. The Bertz CT molecular complexity index is 1430. The monoisotopic (exact) mass is 578 g/mol. The third kappa shape index (κ3) is 3.47. The van der Waals surface area contributed by atoms with Crippen molar-refractivity contribution in [2.24, 2.45) is 5.92 Å². The van der Waals surface area contributed by atoms with Gasteiger partial charge in [0.2, 0.25) is 10.0 Å². The van der Waals surface area contributed by atoms with Crippen LogP contribution in [0.4, 0.5) is 0 Å². The van der Waals surface area contributed by atoms with Crippen LogP contribution in [0.1, 0.15) is 48.8 Å². The molecule has 2 aromatic carbocycles. The largest absolute Gasteiger partial charge is 0.504 e. The third-order valence-corrected chi connectivity index (χ3v) is 12.6. The van der Waals surface area contributed by atoms with Crippen molar-refractivity contribution in [3.63, 3.8) is 0 Å². The SMILES string of the molecule is CN(C1CC[C@@]2(O)[C@H]3Cc4ccc(O)c5c4[C@@]2(CCN3CC2CC2)C1O5)S(=O)(=O)Cc1ccc(Cl)c(Cl)c1. The van der Waals surface area contributed by atoms with Gasteiger partial charge in [-0.15, -0.1) is 0 Å². The molecule has 2 N–H and O–H groups in total. The molecule has 0 amide bonds. The highest BCUT2D eigenvalue weighted by molar-refractivity contribution is 7.88. The Kier molecular flexibility index (Phi) is 5.67. The van der Waals surface area contributed by atoms with Gasteiger partial charge in [0.15, 0.2) is 11.5 Å². The first-order chi connectivity index (χ1) is 18.0. The summed E-state index contributed by atoms with van der Waals surface area (Å²) in [6, 6.07) is 7.96. The van der Waals surface area contributed by atoms with Gasteiger partial charge in [0.25, 0.3) is 0 Å². The molecule has 7 rings (SSSR count). The van der Waals surface area contributed by atoms with Gasteiger partial charge in [0.05, 0.1) is 32.9 Å². The van der Waals surface area contributed by atoms with Gasteiger partial charge in [-0.2, -0.15) is 4.31 Å². The van der Waals surface area contributed by atoms with E-state index in [1.807, 2.05) is 6.07 Å². The molecule has 2 saturated carbocycles. The maximum absolute atomic E-state index is 13.7. The summed E-state index contributed by atoms with van der Waals surface area (Å²) in [7, 11) is -2.15. The molecular formula is C28H32Cl2N2O5S. The lowest BCUT2D eigenvalue weighted by molar-refractivity contribution is -0.195. The average molecular weight is 580 g/mol. The molecule has 0 radical (unpaired) electrons. The molecule has 2 aliphatic heterocycles. The summed E-state index contributed by atoms with van der Waals surface area (Å²) < 4.78 is 35.4.